The highest BCUT2D eigenvalue weighted by molar-refractivity contribution is 6.16. The van der Waals surface area contributed by atoms with Crippen LogP contribution in [0.3, 0.4) is 0 Å². The highest BCUT2D eigenvalue weighted by Gasteiger charge is 2.38. The molecule has 2 nitrogen and oxygen atoms in total. The summed E-state index contributed by atoms with van der Waals surface area (Å²) in [6.07, 6.45) is 0. The zero-order valence-electron chi connectivity index (χ0n) is 27.4. The van der Waals surface area contributed by atoms with E-state index in [2.05, 4.69) is 183 Å². The summed E-state index contributed by atoms with van der Waals surface area (Å²) in [6.45, 7) is 4.70. The molecule has 49 heavy (non-hydrogen) atoms. The van der Waals surface area contributed by atoms with Gasteiger partial charge in [0, 0.05) is 38.4 Å². The first-order valence-electron chi connectivity index (χ1n) is 17.0. The van der Waals surface area contributed by atoms with Gasteiger partial charge in [-0.3, -0.25) is 0 Å². The minimum atomic E-state index is -0.117. The quantitative estimate of drug-likeness (QED) is 0.193. The standard InChI is InChI=1S/C47H33NO/c1-47(2)40-21-9-7-19-38(40)45-41(47)22-12-24-43(45)48(42-23-10-8-18-36(42)35-20-11-15-30-13-3-5-16-33(30)35)32-26-28-44-39(29-32)37-27-25-31-14-4-6-17-34(31)46(37)49-44/h3-29H,1-2H3. The highest BCUT2D eigenvalue weighted by atomic mass is 16.3. The zero-order valence-corrected chi connectivity index (χ0v) is 27.4. The van der Waals surface area contributed by atoms with Gasteiger partial charge in [0.05, 0.1) is 11.4 Å². The predicted molar refractivity (Wildman–Crippen MR) is 206 cm³/mol. The lowest BCUT2D eigenvalue weighted by atomic mass is 9.82. The van der Waals surface area contributed by atoms with Gasteiger partial charge >= 0.3 is 0 Å². The number of hydrogen-bond acceptors (Lipinski definition) is 2. The van der Waals surface area contributed by atoms with Crippen molar-refractivity contribution in [1.29, 1.82) is 0 Å². The van der Waals surface area contributed by atoms with E-state index in [1.807, 2.05) is 0 Å². The summed E-state index contributed by atoms with van der Waals surface area (Å²) in [5.74, 6) is 0. The molecule has 0 radical (unpaired) electrons. The molecule has 1 aliphatic carbocycles. The molecule has 0 spiro atoms. The van der Waals surface area contributed by atoms with Gasteiger partial charge in [0.2, 0.25) is 0 Å². The summed E-state index contributed by atoms with van der Waals surface area (Å²) < 4.78 is 6.58. The van der Waals surface area contributed by atoms with Crippen LogP contribution in [0, 0.1) is 0 Å². The van der Waals surface area contributed by atoms with E-state index < -0.39 is 0 Å². The zero-order chi connectivity index (χ0) is 32.7. The maximum atomic E-state index is 6.58. The molecule has 2 heteroatoms. The summed E-state index contributed by atoms with van der Waals surface area (Å²) >= 11 is 0. The minimum absolute atomic E-state index is 0.117. The third kappa shape index (κ3) is 4.07. The van der Waals surface area contributed by atoms with Crippen molar-refractivity contribution in [3.8, 4) is 22.3 Å². The lowest BCUT2D eigenvalue weighted by molar-refractivity contribution is 0.660. The minimum Gasteiger partial charge on any atom is -0.455 e. The Labute approximate surface area is 285 Å². The summed E-state index contributed by atoms with van der Waals surface area (Å²) in [7, 11) is 0. The van der Waals surface area contributed by atoms with Gasteiger partial charge in [0.1, 0.15) is 11.2 Å². The van der Waals surface area contributed by atoms with Crippen molar-refractivity contribution in [1.82, 2.24) is 0 Å². The van der Waals surface area contributed by atoms with Gasteiger partial charge in [0.25, 0.3) is 0 Å². The van der Waals surface area contributed by atoms with Crippen molar-refractivity contribution in [3.63, 3.8) is 0 Å². The summed E-state index contributed by atoms with van der Waals surface area (Å²) in [6, 6.07) is 59.5. The van der Waals surface area contributed by atoms with Gasteiger partial charge in [-0.15, -0.1) is 0 Å². The molecule has 0 aliphatic heterocycles. The van der Waals surface area contributed by atoms with Crippen LogP contribution in [0.1, 0.15) is 25.0 Å². The van der Waals surface area contributed by atoms with Crippen molar-refractivity contribution in [2.75, 3.05) is 4.90 Å². The van der Waals surface area contributed by atoms with Gasteiger partial charge < -0.3 is 9.32 Å². The molecule has 0 saturated carbocycles. The maximum Gasteiger partial charge on any atom is 0.143 e. The number of nitrogens with zero attached hydrogens (tertiary/aromatic N) is 1. The Hall–Kier alpha value is -6.12. The van der Waals surface area contributed by atoms with E-state index in [1.54, 1.807) is 0 Å². The average molecular weight is 628 g/mol. The van der Waals surface area contributed by atoms with Crippen molar-refractivity contribution in [3.05, 3.63) is 175 Å². The van der Waals surface area contributed by atoms with Crippen LogP contribution in [-0.4, -0.2) is 0 Å². The first-order valence-corrected chi connectivity index (χ1v) is 17.0. The molecule has 0 amide bonds. The number of rotatable bonds is 4. The molecule has 1 aliphatic rings. The molecular weight excluding hydrogens is 595 g/mol. The fourth-order valence-electron chi connectivity index (χ4n) is 8.32. The lowest BCUT2D eigenvalue weighted by Gasteiger charge is -2.30. The molecule has 9 aromatic rings. The average Bonchev–Trinajstić information content (AvgIpc) is 3.64. The molecule has 0 fully saturated rings. The topological polar surface area (TPSA) is 16.4 Å². The summed E-state index contributed by atoms with van der Waals surface area (Å²) in [4.78, 5) is 2.48. The van der Waals surface area contributed by atoms with Crippen molar-refractivity contribution < 1.29 is 4.42 Å². The second kappa shape index (κ2) is 10.4. The molecule has 0 saturated heterocycles. The van der Waals surface area contributed by atoms with Crippen molar-refractivity contribution in [2.24, 2.45) is 0 Å². The van der Waals surface area contributed by atoms with Gasteiger partial charge in [-0.25, -0.2) is 0 Å². The summed E-state index contributed by atoms with van der Waals surface area (Å²) in [5, 5.41) is 7.03. The predicted octanol–water partition coefficient (Wildman–Crippen LogP) is 13.3. The third-order valence-electron chi connectivity index (χ3n) is 10.7. The Balaban J connectivity index is 1.29. The van der Waals surface area contributed by atoms with E-state index in [4.69, 9.17) is 4.42 Å². The van der Waals surface area contributed by atoms with E-state index in [9.17, 15) is 0 Å². The van der Waals surface area contributed by atoms with Gasteiger partial charge in [-0.2, -0.15) is 0 Å². The number of furan rings is 1. The van der Waals surface area contributed by atoms with Crippen LogP contribution >= 0.6 is 0 Å². The Morgan fingerprint density at radius 2 is 1.08 bits per heavy atom. The Kier molecular flexibility index (Phi) is 5.95. The largest absolute Gasteiger partial charge is 0.455 e. The molecule has 10 rings (SSSR count). The molecule has 8 aromatic carbocycles. The molecule has 1 aromatic heterocycles. The van der Waals surface area contributed by atoms with E-state index in [-0.39, 0.29) is 5.41 Å². The van der Waals surface area contributed by atoms with Crippen LogP contribution in [0.25, 0.3) is 65.7 Å². The van der Waals surface area contributed by atoms with Crippen LogP contribution in [0.15, 0.2) is 168 Å². The van der Waals surface area contributed by atoms with Crippen LogP contribution in [0.2, 0.25) is 0 Å². The van der Waals surface area contributed by atoms with E-state index >= 15 is 0 Å². The molecular formula is C47H33NO. The molecule has 232 valence electrons. The second-order valence-corrected chi connectivity index (χ2v) is 13.7. The van der Waals surface area contributed by atoms with Crippen LogP contribution in [0.5, 0.6) is 0 Å². The molecule has 0 bridgehead atoms. The summed E-state index contributed by atoms with van der Waals surface area (Å²) in [5.41, 5.74) is 12.8. The molecule has 1 heterocycles. The fourth-order valence-corrected chi connectivity index (χ4v) is 8.32. The fraction of sp³-hybridized carbons (Fsp3) is 0.0638. The number of benzene rings is 8. The van der Waals surface area contributed by atoms with Gasteiger partial charge in [-0.05, 0) is 74.8 Å². The SMILES string of the molecule is CC1(C)c2ccccc2-c2c(N(c3ccc4oc5c6ccccc6ccc5c4c3)c3ccccc3-c3cccc4ccccc34)cccc21. The van der Waals surface area contributed by atoms with Crippen LogP contribution in [0.4, 0.5) is 17.1 Å². The number of fused-ring (bicyclic) bond motifs is 9. The Bertz CT molecular complexity index is 2760. The van der Waals surface area contributed by atoms with E-state index in [0.717, 1.165) is 38.7 Å². The first kappa shape index (κ1) is 27.9. The smallest absolute Gasteiger partial charge is 0.143 e. The number of hydrogen-bond donors (Lipinski definition) is 0. The van der Waals surface area contributed by atoms with Crippen LogP contribution in [-0.2, 0) is 5.41 Å². The Morgan fingerprint density at radius 1 is 0.449 bits per heavy atom. The van der Waals surface area contributed by atoms with E-state index in [1.165, 1.54) is 55.2 Å². The second-order valence-electron chi connectivity index (χ2n) is 13.7. The normalized spacial score (nSPS) is 13.3. The maximum absolute atomic E-state index is 6.58. The van der Waals surface area contributed by atoms with Gasteiger partial charge in [0.15, 0.2) is 0 Å². The van der Waals surface area contributed by atoms with Crippen molar-refractivity contribution >= 4 is 60.5 Å². The number of anilines is 3. The van der Waals surface area contributed by atoms with E-state index in [0.29, 0.717) is 0 Å². The molecule has 0 N–H and O–H groups in total. The lowest BCUT2D eigenvalue weighted by Crippen LogP contribution is -2.16. The first-order chi connectivity index (χ1) is 24.1. The monoisotopic (exact) mass is 627 g/mol. The molecule has 0 unspecified atom stereocenters. The van der Waals surface area contributed by atoms with Crippen molar-refractivity contribution in [2.45, 2.75) is 19.3 Å². The van der Waals surface area contributed by atoms with Gasteiger partial charge in [-0.1, -0.05) is 141 Å². The third-order valence-corrected chi connectivity index (χ3v) is 10.7. The highest BCUT2D eigenvalue weighted by Crippen LogP contribution is 2.55. The Morgan fingerprint density at radius 3 is 1.96 bits per heavy atom. The molecule has 0 atom stereocenters. The number of para-hydroxylation sites is 1. The van der Waals surface area contributed by atoms with Crippen LogP contribution < -0.4 is 4.90 Å².